The number of methoxy groups -OCH3 is 1. The normalized spacial score (nSPS) is 10.6. The Hall–Kier alpha value is -2.71. The highest BCUT2D eigenvalue weighted by Crippen LogP contribution is 2.25. The number of anilines is 2. The second kappa shape index (κ2) is 9.84. The maximum atomic E-state index is 12.2. The zero-order valence-electron chi connectivity index (χ0n) is 15.5. The lowest BCUT2D eigenvalue weighted by Gasteiger charge is -2.11. The highest BCUT2D eigenvalue weighted by Gasteiger charge is 2.12. The van der Waals surface area contributed by atoms with Gasteiger partial charge in [-0.2, -0.15) is 0 Å². The Morgan fingerprint density at radius 1 is 1.26 bits per heavy atom. The summed E-state index contributed by atoms with van der Waals surface area (Å²) in [6.07, 6.45) is 2.31. The lowest BCUT2D eigenvalue weighted by molar-refractivity contribution is 0.0600. The van der Waals surface area contributed by atoms with E-state index in [0.717, 1.165) is 13.0 Å². The largest absolute Gasteiger partial charge is 0.465 e. The van der Waals surface area contributed by atoms with Gasteiger partial charge in [0.25, 0.3) is 5.91 Å². The summed E-state index contributed by atoms with van der Waals surface area (Å²) < 4.78 is 4.70. The maximum absolute atomic E-state index is 12.2. The van der Waals surface area contributed by atoms with E-state index in [0.29, 0.717) is 22.8 Å². The van der Waals surface area contributed by atoms with E-state index in [1.807, 2.05) is 19.0 Å². The number of benzene rings is 1. The van der Waals surface area contributed by atoms with Crippen LogP contribution in [-0.2, 0) is 4.74 Å². The second-order valence-electron chi connectivity index (χ2n) is 5.99. The molecule has 0 fully saturated rings. The molecule has 144 valence electrons. The first-order chi connectivity index (χ1) is 12.9. The molecule has 0 aliphatic heterocycles. The number of halogens is 1. The fourth-order valence-corrected chi connectivity index (χ4v) is 2.38. The molecular weight excluding hydrogens is 370 g/mol. The molecule has 2 aromatic rings. The van der Waals surface area contributed by atoms with Crippen LogP contribution in [0.15, 0.2) is 30.5 Å². The maximum Gasteiger partial charge on any atom is 0.337 e. The van der Waals surface area contributed by atoms with Gasteiger partial charge >= 0.3 is 5.97 Å². The van der Waals surface area contributed by atoms with E-state index in [-0.39, 0.29) is 17.5 Å². The second-order valence-corrected chi connectivity index (χ2v) is 6.40. The van der Waals surface area contributed by atoms with Crippen molar-refractivity contribution in [2.75, 3.05) is 39.6 Å². The van der Waals surface area contributed by atoms with E-state index in [1.165, 1.54) is 25.4 Å². The van der Waals surface area contributed by atoms with E-state index >= 15 is 0 Å². The van der Waals surface area contributed by atoms with Gasteiger partial charge in [0.2, 0.25) is 5.95 Å². The van der Waals surface area contributed by atoms with Gasteiger partial charge < -0.3 is 20.3 Å². The SMILES string of the molecule is COC(=O)c1ccc(Cl)c(Nc2nccc(C(=O)NCCCN(C)C)n2)c1. The van der Waals surface area contributed by atoms with Crippen LogP contribution in [0, 0.1) is 0 Å². The molecule has 1 amide bonds. The lowest BCUT2D eigenvalue weighted by Crippen LogP contribution is -2.28. The molecule has 1 aromatic carbocycles. The van der Waals surface area contributed by atoms with E-state index in [2.05, 4.69) is 20.6 Å². The van der Waals surface area contributed by atoms with Crippen LogP contribution in [0.5, 0.6) is 0 Å². The number of aromatic nitrogens is 2. The molecule has 0 radical (unpaired) electrons. The number of carbonyl (C=O) groups is 2. The first-order valence-electron chi connectivity index (χ1n) is 8.31. The van der Waals surface area contributed by atoms with Crippen LogP contribution in [0.2, 0.25) is 5.02 Å². The quantitative estimate of drug-likeness (QED) is 0.526. The molecule has 0 saturated heterocycles. The summed E-state index contributed by atoms with van der Waals surface area (Å²) in [5.41, 5.74) is 1.000. The van der Waals surface area contributed by atoms with Gasteiger partial charge in [0.1, 0.15) is 5.69 Å². The van der Waals surface area contributed by atoms with Crippen molar-refractivity contribution >= 4 is 35.1 Å². The highest BCUT2D eigenvalue weighted by atomic mass is 35.5. The standard InChI is InChI=1S/C18H22ClN5O3/c1-24(2)10-4-8-20-16(25)14-7-9-21-18(22-14)23-15-11-12(17(26)27-3)5-6-13(15)19/h5-7,9,11H,4,8,10H2,1-3H3,(H,20,25)(H,21,22,23). The van der Waals surface area contributed by atoms with Gasteiger partial charge in [-0.15, -0.1) is 0 Å². The smallest absolute Gasteiger partial charge is 0.337 e. The average Bonchev–Trinajstić information content (AvgIpc) is 2.66. The van der Waals surface area contributed by atoms with Crippen molar-refractivity contribution in [3.8, 4) is 0 Å². The number of hydrogen-bond acceptors (Lipinski definition) is 7. The summed E-state index contributed by atoms with van der Waals surface area (Å²) in [4.78, 5) is 34.2. The van der Waals surface area contributed by atoms with Gasteiger partial charge in [0.05, 0.1) is 23.4 Å². The molecule has 0 bridgehead atoms. The van der Waals surface area contributed by atoms with Crippen molar-refractivity contribution in [2.45, 2.75) is 6.42 Å². The molecule has 9 heteroatoms. The molecule has 2 rings (SSSR count). The Morgan fingerprint density at radius 3 is 2.74 bits per heavy atom. The van der Waals surface area contributed by atoms with Crippen LogP contribution >= 0.6 is 11.6 Å². The molecular formula is C18H22ClN5O3. The van der Waals surface area contributed by atoms with E-state index in [4.69, 9.17) is 16.3 Å². The predicted octanol–water partition coefficient (Wildman–Crippen LogP) is 2.34. The summed E-state index contributed by atoms with van der Waals surface area (Å²) in [6, 6.07) is 6.18. The molecule has 1 heterocycles. The number of esters is 1. The fraction of sp³-hybridized carbons (Fsp3) is 0.333. The molecule has 0 saturated carbocycles. The molecule has 0 atom stereocenters. The van der Waals surface area contributed by atoms with Gasteiger partial charge in [-0.3, -0.25) is 4.79 Å². The van der Waals surface area contributed by atoms with Gasteiger partial charge in [-0.1, -0.05) is 11.6 Å². The molecule has 0 spiro atoms. The molecule has 8 nitrogen and oxygen atoms in total. The minimum absolute atomic E-state index is 0.194. The molecule has 27 heavy (non-hydrogen) atoms. The third kappa shape index (κ3) is 6.19. The van der Waals surface area contributed by atoms with Gasteiger partial charge in [0, 0.05) is 12.7 Å². The molecule has 1 aromatic heterocycles. The minimum Gasteiger partial charge on any atom is -0.465 e. The number of amides is 1. The highest BCUT2D eigenvalue weighted by molar-refractivity contribution is 6.33. The monoisotopic (exact) mass is 391 g/mol. The topological polar surface area (TPSA) is 96.4 Å². The van der Waals surface area contributed by atoms with Crippen molar-refractivity contribution in [3.63, 3.8) is 0 Å². The van der Waals surface area contributed by atoms with Crippen molar-refractivity contribution in [3.05, 3.63) is 46.7 Å². The number of carbonyl (C=O) groups excluding carboxylic acids is 2. The van der Waals surface area contributed by atoms with Gasteiger partial charge in [-0.25, -0.2) is 14.8 Å². The number of nitrogens with zero attached hydrogens (tertiary/aromatic N) is 3. The van der Waals surface area contributed by atoms with Crippen molar-refractivity contribution in [1.82, 2.24) is 20.2 Å². The van der Waals surface area contributed by atoms with Gasteiger partial charge in [-0.05, 0) is 51.3 Å². The number of ether oxygens (including phenoxy) is 1. The summed E-state index contributed by atoms with van der Waals surface area (Å²) >= 11 is 6.15. The Balaban J connectivity index is 2.07. The van der Waals surface area contributed by atoms with Crippen molar-refractivity contribution < 1.29 is 14.3 Å². The number of rotatable bonds is 8. The molecule has 2 N–H and O–H groups in total. The third-order valence-electron chi connectivity index (χ3n) is 3.59. The molecule has 0 unspecified atom stereocenters. The van der Waals surface area contributed by atoms with Crippen molar-refractivity contribution in [1.29, 1.82) is 0 Å². The zero-order valence-corrected chi connectivity index (χ0v) is 16.2. The predicted molar refractivity (Wildman–Crippen MR) is 104 cm³/mol. The van der Waals surface area contributed by atoms with Crippen LogP contribution in [-0.4, -0.2) is 61.0 Å². The van der Waals surface area contributed by atoms with Crippen LogP contribution in [0.3, 0.4) is 0 Å². The molecule has 0 aliphatic rings. The number of nitrogens with one attached hydrogen (secondary N) is 2. The molecule has 0 aliphatic carbocycles. The summed E-state index contributed by atoms with van der Waals surface area (Å²) in [5.74, 6) is -0.574. The summed E-state index contributed by atoms with van der Waals surface area (Å²) in [5, 5.41) is 6.12. The van der Waals surface area contributed by atoms with E-state index < -0.39 is 5.97 Å². The minimum atomic E-state index is -0.485. The lowest BCUT2D eigenvalue weighted by atomic mass is 10.2. The average molecular weight is 392 g/mol. The summed E-state index contributed by atoms with van der Waals surface area (Å²) in [7, 11) is 5.25. The van der Waals surface area contributed by atoms with Crippen LogP contribution in [0.25, 0.3) is 0 Å². The third-order valence-corrected chi connectivity index (χ3v) is 3.92. The van der Waals surface area contributed by atoms with Crippen LogP contribution in [0.1, 0.15) is 27.3 Å². The first-order valence-corrected chi connectivity index (χ1v) is 8.69. The Bertz CT molecular complexity index is 813. The van der Waals surface area contributed by atoms with E-state index in [1.54, 1.807) is 12.1 Å². The van der Waals surface area contributed by atoms with Gasteiger partial charge in [0.15, 0.2) is 0 Å². The van der Waals surface area contributed by atoms with E-state index in [9.17, 15) is 9.59 Å². The first kappa shape index (κ1) is 20.6. The Labute approximate surface area is 162 Å². The number of hydrogen-bond donors (Lipinski definition) is 2. The Kier molecular flexibility index (Phi) is 7.51. The zero-order chi connectivity index (χ0) is 19.8. The fourth-order valence-electron chi connectivity index (χ4n) is 2.22. The van der Waals surface area contributed by atoms with Crippen molar-refractivity contribution in [2.24, 2.45) is 0 Å². The van der Waals surface area contributed by atoms with Crippen LogP contribution < -0.4 is 10.6 Å². The Morgan fingerprint density at radius 2 is 2.04 bits per heavy atom. The van der Waals surface area contributed by atoms with Crippen LogP contribution in [0.4, 0.5) is 11.6 Å². The summed E-state index contributed by atoms with van der Waals surface area (Å²) in [6.45, 7) is 1.43.